The summed E-state index contributed by atoms with van der Waals surface area (Å²) in [6.45, 7) is 1.98. The number of hydrogen-bond acceptors (Lipinski definition) is 4. The Morgan fingerprint density at radius 3 is 2.68 bits per heavy atom. The minimum atomic E-state index is -0.551. The molecule has 0 bridgehead atoms. The van der Waals surface area contributed by atoms with Gasteiger partial charge in [-0.25, -0.2) is 14.3 Å². The van der Waals surface area contributed by atoms with Gasteiger partial charge in [0.1, 0.15) is 6.07 Å². The molecule has 5 heteroatoms. The summed E-state index contributed by atoms with van der Waals surface area (Å²) in [5.74, 6) is 0.273. The number of carbonyl (C=O) groups is 1. The van der Waals surface area contributed by atoms with Gasteiger partial charge in [0, 0.05) is 0 Å². The normalized spacial score (nSPS) is 11.5. The molecule has 0 saturated heterocycles. The third-order valence-corrected chi connectivity index (χ3v) is 4.50. The van der Waals surface area contributed by atoms with Crippen LogP contribution < -0.4 is 0 Å². The predicted molar refractivity (Wildman–Crippen MR) is 110 cm³/mol. The molecule has 4 aromatic rings. The second kappa shape index (κ2) is 7.37. The molecule has 0 aliphatic heterocycles. The first-order chi connectivity index (χ1) is 13.7. The van der Waals surface area contributed by atoms with Crippen LogP contribution in [0.5, 0.6) is 0 Å². The number of hydrogen-bond donors (Lipinski definition) is 0. The van der Waals surface area contributed by atoms with E-state index in [0.29, 0.717) is 16.6 Å². The van der Waals surface area contributed by atoms with Crippen molar-refractivity contribution in [3.63, 3.8) is 0 Å². The number of nitriles is 1. The number of rotatable bonds is 3. The molecule has 136 valence electrons. The van der Waals surface area contributed by atoms with E-state index in [1.807, 2.05) is 60.7 Å². The van der Waals surface area contributed by atoms with Crippen molar-refractivity contribution in [2.24, 2.45) is 0 Å². The van der Waals surface area contributed by atoms with Crippen molar-refractivity contribution in [3.05, 3.63) is 78.1 Å². The van der Waals surface area contributed by atoms with Gasteiger partial charge in [0.25, 0.3) is 0 Å². The van der Waals surface area contributed by atoms with Gasteiger partial charge < -0.3 is 4.74 Å². The summed E-state index contributed by atoms with van der Waals surface area (Å²) in [6.07, 6.45) is 1.21. The van der Waals surface area contributed by atoms with E-state index in [2.05, 4.69) is 11.1 Å². The number of ether oxygens (including phenoxy) is 1. The number of imidazole rings is 1. The Morgan fingerprint density at radius 1 is 1.11 bits per heavy atom. The van der Waals surface area contributed by atoms with Crippen LogP contribution in [0.15, 0.2) is 66.7 Å². The van der Waals surface area contributed by atoms with Gasteiger partial charge in [0.2, 0.25) is 0 Å². The second-order valence-corrected chi connectivity index (χ2v) is 6.20. The van der Waals surface area contributed by atoms with E-state index in [-0.39, 0.29) is 12.4 Å². The molecule has 0 atom stereocenters. The summed E-state index contributed by atoms with van der Waals surface area (Å²) in [6, 6.07) is 23.3. The third kappa shape index (κ3) is 3.01. The Hall–Kier alpha value is -3.91. The van der Waals surface area contributed by atoms with Gasteiger partial charge in [-0.15, -0.1) is 0 Å². The lowest BCUT2D eigenvalue weighted by molar-refractivity contribution is 0.154. The summed E-state index contributed by atoms with van der Waals surface area (Å²) < 4.78 is 6.56. The minimum absolute atomic E-state index is 0.236. The van der Waals surface area contributed by atoms with E-state index in [9.17, 15) is 10.1 Å². The molecule has 0 spiro atoms. The van der Waals surface area contributed by atoms with Gasteiger partial charge in [-0.3, -0.25) is 0 Å². The lowest BCUT2D eigenvalue weighted by Crippen LogP contribution is -2.16. The number of fused-ring (bicyclic) bond motifs is 2. The van der Waals surface area contributed by atoms with E-state index in [0.717, 1.165) is 16.3 Å². The standard InChI is InChI=1S/C23H17N3O2/c1-2-28-23(27)26-21-13-6-5-12-20(21)25-22(26)18(15-24)14-17-10-7-9-16-8-3-4-11-19(16)17/h3-14H,2H2,1H3. The van der Waals surface area contributed by atoms with E-state index in [1.54, 1.807) is 19.1 Å². The van der Waals surface area contributed by atoms with Crippen LogP contribution in [-0.2, 0) is 4.74 Å². The van der Waals surface area contributed by atoms with Crippen LogP contribution in [0.25, 0.3) is 33.5 Å². The molecule has 0 radical (unpaired) electrons. The van der Waals surface area contributed by atoms with Crippen LogP contribution in [0.2, 0.25) is 0 Å². The van der Waals surface area contributed by atoms with Gasteiger partial charge in [-0.1, -0.05) is 54.6 Å². The Morgan fingerprint density at radius 2 is 1.86 bits per heavy atom. The van der Waals surface area contributed by atoms with Crippen molar-refractivity contribution in [2.75, 3.05) is 6.61 Å². The number of para-hydroxylation sites is 2. The number of aromatic nitrogens is 2. The molecule has 1 heterocycles. The third-order valence-electron chi connectivity index (χ3n) is 4.50. The van der Waals surface area contributed by atoms with Crippen LogP contribution in [-0.4, -0.2) is 22.3 Å². The average Bonchev–Trinajstić information content (AvgIpc) is 3.11. The van der Waals surface area contributed by atoms with Crippen LogP contribution in [0, 0.1) is 11.3 Å². The molecule has 5 nitrogen and oxygen atoms in total. The molecule has 0 aliphatic carbocycles. The van der Waals surface area contributed by atoms with Gasteiger partial charge >= 0.3 is 6.09 Å². The molecule has 28 heavy (non-hydrogen) atoms. The molecule has 4 rings (SSSR count). The Balaban J connectivity index is 1.95. The van der Waals surface area contributed by atoms with Crippen molar-refractivity contribution >= 4 is 39.5 Å². The number of nitrogens with zero attached hydrogens (tertiary/aromatic N) is 3. The number of benzene rings is 3. The molecule has 1 aromatic heterocycles. The predicted octanol–water partition coefficient (Wildman–Crippen LogP) is 5.26. The highest BCUT2D eigenvalue weighted by molar-refractivity contribution is 6.00. The quantitative estimate of drug-likeness (QED) is 0.463. The molecule has 0 fully saturated rings. The van der Waals surface area contributed by atoms with Crippen LogP contribution in [0.3, 0.4) is 0 Å². The lowest BCUT2D eigenvalue weighted by atomic mass is 10.0. The first kappa shape index (κ1) is 17.5. The molecule has 0 unspecified atom stereocenters. The zero-order valence-corrected chi connectivity index (χ0v) is 15.3. The fourth-order valence-electron chi connectivity index (χ4n) is 3.26. The SMILES string of the molecule is CCOC(=O)n1c(C(C#N)=Cc2cccc3ccccc23)nc2ccccc21. The maximum atomic E-state index is 12.6. The van der Waals surface area contributed by atoms with E-state index >= 15 is 0 Å². The fourth-order valence-corrected chi connectivity index (χ4v) is 3.26. The average molecular weight is 367 g/mol. The van der Waals surface area contributed by atoms with Crippen molar-refractivity contribution in [2.45, 2.75) is 6.92 Å². The maximum absolute atomic E-state index is 12.6. The largest absolute Gasteiger partial charge is 0.449 e. The van der Waals surface area contributed by atoms with Crippen molar-refractivity contribution < 1.29 is 9.53 Å². The summed E-state index contributed by atoms with van der Waals surface area (Å²) in [7, 11) is 0. The summed E-state index contributed by atoms with van der Waals surface area (Å²) in [5.41, 5.74) is 2.41. The van der Waals surface area contributed by atoms with Gasteiger partial charge in [0.15, 0.2) is 5.82 Å². The molecule has 0 amide bonds. The first-order valence-corrected chi connectivity index (χ1v) is 8.97. The molecular weight excluding hydrogens is 350 g/mol. The van der Waals surface area contributed by atoms with Gasteiger partial charge in [-0.05, 0) is 41.5 Å². The summed E-state index contributed by atoms with van der Waals surface area (Å²) in [5, 5.41) is 12.0. The Kier molecular flexibility index (Phi) is 4.61. The number of carbonyl (C=O) groups excluding carboxylic acids is 1. The van der Waals surface area contributed by atoms with E-state index in [1.165, 1.54) is 4.57 Å². The van der Waals surface area contributed by atoms with E-state index in [4.69, 9.17) is 4.74 Å². The van der Waals surface area contributed by atoms with Crippen molar-refractivity contribution in [3.8, 4) is 6.07 Å². The highest BCUT2D eigenvalue weighted by atomic mass is 16.5. The van der Waals surface area contributed by atoms with Gasteiger partial charge in [0.05, 0.1) is 23.2 Å². The highest BCUT2D eigenvalue weighted by Crippen LogP contribution is 2.26. The summed E-state index contributed by atoms with van der Waals surface area (Å²) in [4.78, 5) is 17.1. The van der Waals surface area contributed by atoms with Crippen LogP contribution >= 0.6 is 0 Å². The minimum Gasteiger partial charge on any atom is -0.449 e. The zero-order valence-electron chi connectivity index (χ0n) is 15.3. The van der Waals surface area contributed by atoms with Crippen LogP contribution in [0.1, 0.15) is 18.3 Å². The van der Waals surface area contributed by atoms with Gasteiger partial charge in [-0.2, -0.15) is 5.26 Å². The Labute approximate surface area is 162 Å². The topological polar surface area (TPSA) is 67.9 Å². The van der Waals surface area contributed by atoms with Crippen LogP contribution in [0.4, 0.5) is 4.79 Å². The monoisotopic (exact) mass is 367 g/mol. The lowest BCUT2D eigenvalue weighted by Gasteiger charge is -2.08. The fraction of sp³-hybridized carbons (Fsp3) is 0.0870. The van der Waals surface area contributed by atoms with E-state index < -0.39 is 6.09 Å². The zero-order chi connectivity index (χ0) is 19.5. The van der Waals surface area contributed by atoms with Crippen molar-refractivity contribution in [1.29, 1.82) is 5.26 Å². The first-order valence-electron chi connectivity index (χ1n) is 8.97. The molecule has 0 N–H and O–H groups in total. The molecule has 0 saturated carbocycles. The van der Waals surface area contributed by atoms with Crippen molar-refractivity contribution in [1.82, 2.24) is 9.55 Å². The molecule has 3 aromatic carbocycles. The Bertz CT molecular complexity index is 1260. The molecule has 0 aliphatic rings. The molecular formula is C23H17N3O2. The highest BCUT2D eigenvalue weighted by Gasteiger charge is 2.20. The maximum Gasteiger partial charge on any atom is 0.420 e. The number of allylic oxidation sites excluding steroid dienone is 1. The smallest absolute Gasteiger partial charge is 0.420 e. The second-order valence-electron chi connectivity index (χ2n) is 6.20. The summed E-state index contributed by atoms with van der Waals surface area (Å²) >= 11 is 0.